The molecular formula is C22H28N4O3. The Morgan fingerprint density at radius 2 is 2.03 bits per heavy atom. The van der Waals surface area contributed by atoms with Gasteiger partial charge in [0, 0.05) is 36.5 Å². The Morgan fingerprint density at radius 1 is 1.28 bits per heavy atom. The van der Waals surface area contributed by atoms with Crippen LogP contribution in [0.5, 0.6) is 11.5 Å². The van der Waals surface area contributed by atoms with E-state index in [9.17, 15) is 5.26 Å². The van der Waals surface area contributed by atoms with E-state index in [1.165, 1.54) is 0 Å². The van der Waals surface area contributed by atoms with Crippen molar-refractivity contribution in [1.82, 2.24) is 9.88 Å². The van der Waals surface area contributed by atoms with Crippen LogP contribution in [-0.4, -0.2) is 56.4 Å². The first-order valence-electron chi connectivity index (χ1n) is 9.86. The highest BCUT2D eigenvalue weighted by Gasteiger charge is 2.20. The van der Waals surface area contributed by atoms with E-state index in [1.54, 1.807) is 7.11 Å². The van der Waals surface area contributed by atoms with Gasteiger partial charge in [-0.3, -0.25) is 4.90 Å². The molecule has 1 aromatic carbocycles. The van der Waals surface area contributed by atoms with E-state index in [0.717, 1.165) is 44.1 Å². The lowest BCUT2D eigenvalue weighted by Gasteiger charge is -2.26. The molecule has 2 N–H and O–H groups in total. The monoisotopic (exact) mass is 396 g/mol. The summed E-state index contributed by atoms with van der Waals surface area (Å²) >= 11 is 0. The molecular weight excluding hydrogens is 368 g/mol. The van der Waals surface area contributed by atoms with Gasteiger partial charge < -0.3 is 19.9 Å². The van der Waals surface area contributed by atoms with Crippen LogP contribution >= 0.6 is 0 Å². The van der Waals surface area contributed by atoms with Gasteiger partial charge in [-0.25, -0.2) is 4.98 Å². The highest BCUT2D eigenvalue weighted by Crippen LogP contribution is 2.41. The number of rotatable bonds is 7. The van der Waals surface area contributed by atoms with Gasteiger partial charge in [0.05, 0.1) is 20.3 Å². The van der Waals surface area contributed by atoms with Crippen LogP contribution in [0.3, 0.4) is 0 Å². The van der Waals surface area contributed by atoms with Crippen LogP contribution in [0.4, 0.5) is 5.82 Å². The second-order valence-corrected chi connectivity index (χ2v) is 7.26. The molecule has 1 fully saturated rings. The van der Waals surface area contributed by atoms with Crippen LogP contribution in [0.1, 0.15) is 31.0 Å². The van der Waals surface area contributed by atoms with Crippen LogP contribution in [-0.2, 0) is 4.74 Å². The maximum Gasteiger partial charge on any atom is 0.169 e. The molecule has 0 amide bonds. The largest absolute Gasteiger partial charge is 0.493 e. The molecule has 0 atom stereocenters. The summed E-state index contributed by atoms with van der Waals surface area (Å²) in [4.78, 5) is 6.70. The van der Waals surface area contributed by atoms with Crippen molar-refractivity contribution in [1.29, 1.82) is 5.26 Å². The number of aromatic nitrogens is 1. The quantitative estimate of drug-likeness (QED) is 0.769. The minimum atomic E-state index is 0.181. The predicted octanol–water partition coefficient (Wildman–Crippen LogP) is 3.05. The van der Waals surface area contributed by atoms with Crippen molar-refractivity contribution in [3.63, 3.8) is 0 Å². The Labute approximate surface area is 172 Å². The summed E-state index contributed by atoms with van der Waals surface area (Å²) in [5, 5.41) is 9.69. The summed E-state index contributed by atoms with van der Waals surface area (Å²) in [6, 6.07) is 9.78. The maximum absolute atomic E-state index is 9.69. The van der Waals surface area contributed by atoms with E-state index < -0.39 is 0 Å². The molecule has 2 heterocycles. The second-order valence-electron chi connectivity index (χ2n) is 7.26. The average molecular weight is 396 g/mol. The SMILES string of the molecule is COc1cccc(-c2cc(C(C)C)nc(N)c2C#N)c1OCCN1CCOCC1. The number of ether oxygens (including phenoxy) is 3. The number of anilines is 1. The molecule has 0 unspecified atom stereocenters. The third kappa shape index (κ3) is 4.78. The first kappa shape index (κ1) is 20.9. The third-order valence-electron chi connectivity index (χ3n) is 5.02. The van der Waals surface area contributed by atoms with Gasteiger partial charge in [0.25, 0.3) is 0 Å². The van der Waals surface area contributed by atoms with Crippen LogP contribution in [0, 0.1) is 11.3 Å². The highest BCUT2D eigenvalue weighted by molar-refractivity contribution is 5.81. The zero-order valence-corrected chi connectivity index (χ0v) is 17.3. The molecule has 0 saturated carbocycles. The number of methoxy groups -OCH3 is 1. The van der Waals surface area contributed by atoms with Gasteiger partial charge in [-0.2, -0.15) is 5.26 Å². The van der Waals surface area contributed by atoms with Crippen LogP contribution in [0.25, 0.3) is 11.1 Å². The molecule has 2 aromatic rings. The van der Waals surface area contributed by atoms with E-state index in [2.05, 4.69) is 16.0 Å². The number of pyridine rings is 1. The maximum atomic E-state index is 9.69. The lowest BCUT2D eigenvalue weighted by molar-refractivity contribution is 0.0321. The first-order chi connectivity index (χ1) is 14.0. The van der Waals surface area contributed by atoms with E-state index in [0.29, 0.717) is 29.2 Å². The number of para-hydroxylation sites is 1. The number of nitrogens with two attached hydrogens (primary N) is 1. The molecule has 3 rings (SSSR count). The molecule has 1 aliphatic rings. The highest BCUT2D eigenvalue weighted by atomic mass is 16.5. The van der Waals surface area contributed by atoms with Crippen molar-refractivity contribution < 1.29 is 14.2 Å². The molecule has 0 aliphatic carbocycles. The van der Waals surface area contributed by atoms with Gasteiger partial charge in [0.15, 0.2) is 11.5 Å². The lowest BCUT2D eigenvalue weighted by Crippen LogP contribution is -2.38. The number of hydrogen-bond donors (Lipinski definition) is 1. The number of nitrogens with zero attached hydrogens (tertiary/aromatic N) is 3. The Bertz CT molecular complexity index is 886. The molecule has 0 radical (unpaired) electrons. The number of nitriles is 1. The van der Waals surface area contributed by atoms with Gasteiger partial charge in [-0.1, -0.05) is 26.0 Å². The molecule has 0 bridgehead atoms. The molecule has 29 heavy (non-hydrogen) atoms. The molecule has 1 aromatic heterocycles. The average Bonchev–Trinajstić information content (AvgIpc) is 2.73. The van der Waals surface area contributed by atoms with E-state index in [1.807, 2.05) is 38.1 Å². The Kier molecular flexibility index (Phi) is 6.91. The van der Waals surface area contributed by atoms with Gasteiger partial charge in [0.2, 0.25) is 0 Å². The lowest BCUT2D eigenvalue weighted by atomic mass is 9.96. The van der Waals surface area contributed by atoms with E-state index in [-0.39, 0.29) is 11.7 Å². The molecule has 1 saturated heterocycles. The fourth-order valence-electron chi connectivity index (χ4n) is 3.35. The van der Waals surface area contributed by atoms with Crippen molar-refractivity contribution in [2.45, 2.75) is 19.8 Å². The standard InChI is InChI=1S/C22H28N4O3/c1-15(2)19-13-17(18(14-23)22(24)25-19)16-5-4-6-20(27-3)21(16)29-12-9-26-7-10-28-11-8-26/h4-6,13,15H,7-12H2,1-3H3,(H2,24,25). The summed E-state index contributed by atoms with van der Waals surface area (Å²) in [5.41, 5.74) is 8.77. The summed E-state index contributed by atoms with van der Waals surface area (Å²) < 4.78 is 17.1. The van der Waals surface area contributed by atoms with Gasteiger partial charge in [-0.05, 0) is 18.1 Å². The number of benzene rings is 1. The zero-order valence-electron chi connectivity index (χ0n) is 17.3. The van der Waals surface area contributed by atoms with E-state index in [4.69, 9.17) is 19.9 Å². The normalized spacial score (nSPS) is 14.6. The molecule has 1 aliphatic heterocycles. The minimum Gasteiger partial charge on any atom is -0.493 e. The van der Waals surface area contributed by atoms with Crippen molar-refractivity contribution in [3.8, 4) is 28.7 Å². The number of morpholine rings is 1. The first-order valence-corrected chi connectivity index (χ1v) is 9.86. The summed E-state index contributed by atoms with van der Waals surface area (Å²) in [6.45, 7) is 8.69. The Hall–Kier alpha value is -2.82. The van der Waals surface area contributed by atoms with Crippen LogP contribution < -0.4 is 15.2 Å². The zero-order chi connectivity index (χ0) is 20.8. The van der Waals surface area contributed by atoms with Gasteiger partial charge >= 0.3 is 0 Å². The topological polar surface area (TPSA) is 93.6 Å². The van der Waals surface area contributed by atoms with Gasteiger partial charge in [0.1, 0.15) is 24.1 Å². The number of nitrogen functional groups attached to an aromatic ring is 1. The summed E-state index contributed by atoms with van der Waals surface area (Å²) in [6.07, 6.45) is 0. The molecule has 154 valence electrons. The minimum absolute atomic E-state index is 0.181. The molecule has 0 spiro atoms. The Balaban J connectivity index is 1.96. The van der Waals surface area contributed by atoms with Crippen molar-refractivity contribution in [2.24, 2.45) is 0 Å². The molecule has 7 heteroatoms. The molecule has 7 nitrogen and oxygen atoms in total. The fourth-order valence-corrected chi connectivity index (χ4v) is 3.35. The summed E-state index contributed by atoms with van der Waals surface area (Å²) in [5.74, 6) is 1.64. The van der Waals surface area contributed by atoms with Crippen molar-refractivity contribution >= 4 is 5.82 Å². The Morgan fingerprint density at radius 3 is 2.69 bits per heavy atom. The smallest absolute Gasteiger partial charge is 0.169 e. The van der Waals surface area contributed by atoms with Crippen LogP contribution in [0.15, 0.2) is 24.3 Å². The fraction of sp³-hybridized carbons (Fsp3) is 0.455. The van der Waals surface area contributed by atoms with Crippen molar-refractivity contribution in [2.75, 3.05) is 52.3 Å². The second kappa shape index (κ2) is 9.59. The van der Waals surface area contributed by atoms with E-state index >= 15 is 0 Å². The van der Waals surface area contributed by atoms with Gasteiger partial charge in [-0.15, -0.1) is 0 Å². The van der Waals surface area contributed by atoms with Crippen molar-refractivity contribution in [3.05, 3.63) is 35.5 Å². The predicted molar refractivity (Wildman–Crippen MR) is 112 cm³/mol. The third-order valence-corrected chi connectivity index (χ3v) is 5.02. The number of hydrogen-bond acceptors (Lipinski definition) is 7. The van der Waals surface area contributed by atoms with Crippen LogP contribution in [0.2, 0.25) is 0 Å². The summed E-state index contributed by atoms with van der Waals surface area (Å²) in [7, 11) is 1.61.